The van der Waals surface area contributed by atoms with Gasteiger partial charge in [0.25, 0.3) is 0 Å². The first-order valence-corrected chi connectivity index (χ1v) is 7.63. The van der Waals surface area contributed by atoms with Gasteiger partial charge in [-0.3, -0.25) is 4.79 Å². The molecular formula is C16H8BrClF2N2O. The molecule has 1 aromatic heterocycles. The zero-order valence-electron chi connectivity index (χ0n) is 11.4. The fourth-order valence-corrected chi connectivity index (χ4v) is 2.97. The molecule has 0 aliphatic carbocycles. The first kappa shape index (κ1) is 15.8. The Kier molecular flexibility index (Phi) is 4.28. The van der Waals surface area contributed by atoms with Crippen LogP contribution < -0.4 is 0 Å². The third-order valence-electron chi connectivity index (χ3n) is 3.24. The molecule has 0 aliphatic rings. The molecule has 3 nitrogen and oxygen atoms in total. The van der Waals surface area contributed by atoms with E-state index in [0.29, 0.717) is 27.8 Å². The van der Waals surface area contributed by atoms with Crippen molar-refractivity contribution in [2.45, 2.75) is 0 Å². The molecule has 0 radical (unpaired) electrons. The highest BCUT2D eigenvalue weighted by Crippen LogP contribution is 2.34. The summed E-state index contributed by atoms with van der Waals surface area (Å²) < 4.78 is 28.1. The summed E-state index contributed by atoms with van der Waals surface area (Å²) >= 11 is 9.36. The fourth-order valence-electron chi connectivity index (χ4n) is 2.15. The molecule has 1 heterocycles. The minimum Gasteiger partial charge on any atom is -0.298 e. The molecule has 3 rings (SSSR count). The predicted molar refractivity (Wildman–Crippen MR) is 87.0 cm³/mol. The molecule has 0 bridgehead atoms. The number of halogens is 4. The van der Waals surface area contributed by atoms with Crippen LogP contribution in [0.15, 0.2) is 47.1 Å². The van der Waals surface area contributed by atoms with E-state index in [9.17, 15) is 13.6 Å². The fraction of sp³-hybridized carbons (Fsp3) is 0. The van der Waals surface area contributed by atoms with Crippen molar-refractivity contribution in [1.82, 2.24) is 9.78 Å². The van der Waals surface area contributed by atoms with Crippen LogP contribution in [0.1, 0.15) is 10.4 Å². The van der Waals surface area contributed by atoms with Gasteiger partial charge in [0.1, 0.15) is 21.9 Å². The van der Waals surface area contributed by atoms with Crippen molar-refractivity contribution in [3.63, 3.8) is 0 Å². The van der Waals surface area contributed by atoms with Gasteiger partial charge in [-0.1, -0.05) is 11.6 Å². The molecule has 0 unspecified atom stereocenters. The van der Waals surface area contributed by atoms with Crippen molar-refractivity contribution in [2.24, 2.45) is 0 Å². The van der Waals surface area contributed by atoms with Gasteiger partial charge in [0.2, 0.25) is 0 Å². The van der Waals surface area contributed by atoms with Crippen LogP contribution in [-0.2, 0) is 0 Å². The van der Waals surface area contributed by atoms with Crippen LogP contribution in [0.25, 0.3) is 16.9 Å². The standard InChI is InChI=1S/C16H8BrClF2N2O/c17-16-13(8-23)15(12-6-3-10(20)7-14(12)18)21-22(16)11-4-1-9(19)2-5-11/h1-8H. The van der Waals surface area contributed by atoms with Crippen molar-refractivity contribution in [3.8, 4) is 16.9 Å². The lowest BCUT2D eigenvalue weighted by atomic mass is 10.1. The second-order valence-electron chi connectivity index (χ2n) is 4.68. The maximum absolute atomic E-state index is 13.2. The van der Waals surface area contributed by atoms with Crippen LogP contribution in [0.3, 0.4) is 0 Å². The molecule has 0 atom stereocenters. The number of hydrogen-bond acceptors (Lipinski definition) is 2. The maximum Gasteiger partial charge on any atom is 0.155 e. The third kappa shape index (κ3) is 2.92. The van der Waals surface area contributed by atoms with Crippen molar-refractivity contribution >= 4 is 33.8 Å². The Morgan fingerprint density at radius 1 is 1.09 bits per heavy atom. The van der Waals surface area contributed by atoms with E-state index in [1.807, 2.05) is 0 Å². The van der Waals surface area contributed by atoms with E-state index in [2.05, 4.69) is 21.0 Å². The van der Waals surface area contributed by atoms with E-state index in [1.165, 1.54) is 41.1 Å². The predicted octanol–water partition coefficient (Wildman–Crippen LogP) is 5.05. The van der Waals surface area contributed by atoms with Crippen molar-refractivity contribution in [2.75, 3.05) is 0 Å². The Balaban J connectivity index is 2.20. The topological polar surface area (TPSA) is 34.9 Å². The minimum absolute atomic E-state index is 0.143. The van der Waals surface area contributed by atoms with Gasteiger partial charge in [-0.15, -0.1) is 0 Å². The Labute approximate surface area is 143 Å². The summed E-state index contributed by atoms with van der Waals surface area (Å²) in [6, 6.07) is 9.46. The molecule has 0 amide bonds. The number of carbonyl (C=O) groups is 1. The molecule has 0 saturated heterocycles. The maximum atomic E-state index is 13.2. The molecule has 0 spiro atoms. The lowest BCUT2D eigenvalue weighted by molar-refractivity contribution is 0.112. The number of rotatable bonds is 3. The van der Waals surface area contributed by atoms with Crippen LogP contribution in [0.5, 0.6) is 0 Å². The molecule has 0 N–H and O–H groups in total. The number of benzene rings is 2. The Morgan fingerprint density at radius 2 is 1.74 bits per heavy atom. The highest BCUT2D eigenvalue weighted by atomic mass is 79.9. The molecule has 3 aromatic rings. The SMILES string of the molecule is O=Cc1c(-c2ccc(F)cc2Cl)nn(-c2ccc(F)cc2)c1Br. The summed E-state index contributed by atoms with van der Waals surface area (Å²) in [6.45, 7) is 0. The third-order valence-corrected chi connectivity index (χ3v) is 4.31. The van der Waals surface area contributed by atoms with E-state index >= 15 is 0 Å². The Bertz CT molecular complexity index is 894. The number of aromatic nitrogens is 2. The van der Waals surface area contributed by atoms with E-state index in [0.717, 1.165) is 6.07 Å². The van der Waals surface area contributed by atoms with Crippen LogP contribution in [0.4, 0.5) is 8.78 Å². The number of carbonyl (C=O) groups excluding carboxylic acids is 1. The normalized spacial score (nSPS) is 10.8. The highest BCUT2D eigenvalue weighted by Gasteiger charge is 2.20. The van der Waals surface area contributed by atoms with E-state index < -0.39 is 5.82 Å². The monoisotopic (exact) mass is 396 g/mol. The van der Waals surface area contributed by atoms with Gasteiger partial charge in [0, 0.05) is 5.56 Å². The Hall–Kier alpha value is -2.05. The van der Waals surface area contributed by atoms with Gasteiger partial charge >= 0.3 is 0 Å². The first-order chi connectivity index (χ1) is 11.0. The second-order valence-corrected chi connectivity index (χ2v) is 5.84. The van der Waals surface area contributed by atoms with Crippen LogP contribution in [0.2, 0.25) is 5.02 Å². The summed E-state index contributed by atoms with van der Waals surface area (Å²) in [7, 11) is 0. The highest BCUT2D eigenvalue weighted by molar-refractivity contribution is 9.10. The first-order valence-electron chi connectivity index (χ1n) is 6.46. The summed E-state index contributed by atoms with van der Waals surface area (Å²) in [5.74, 6) is -0.863. The second kappa shape index (κ2) is 6.22. The van der Waals surface area contributed by atoms with Gasteiger partial charge in [0.15, 0.2) is 6.29 Å². The lowest BCUT2D eigenvalue weighted by Gasteiger charge is -2.03. The van der Waals surface area contributed by atoms with Crippen molar-refractivity contribution in [3.05, 3.63) is 69.3 Å². The summed E-state index contributed by atoms with van der Waals surface area (Å²) in [5.41, 5.74) is 1.56. The molecule has 23 heavy (non-hydrogen) atoms. The van der Waals surface area contributed by atoms with E-state index in [1.54, 1.807) is 0 Å². The molecule has 116 valence electrons. The number of nitrogens with zero attached hydrogens (tertiary/aromatic N) is 2. The minimum atomic E-state index is -0.483. The van der Waals surface area contributed by atoms with Gasteiger partial charge in [-0.25, -0.2) is 13.5 Å². The number of aldehydes is 1. The molecule has 0 saturated carbocycles. The lowest BCUT2D eigenvalue weighted by Crippen LogP contribution is -1.97. The molecule has 2 aromatic carbocycles. The number of hydrogen-bond donors (Lipinski definition) is 0. The molecule has 0 fully saturated rings. The summed E-state index contributed by atoms with van der Waals surface area (Å²) in [4.78, 5) is 11.4. The van der Waals surface area contributed by atoms with Gasteiger partial charge in [0.05, 0.1) is 16.3 Å². The van der Waals surface area contributed by atoms with Gasteiger partial charge in [-0.2, -0.15) is 5.10 Å². The van der Waals surface area contributed by atoms with E-state index in [4.69, 9.17) is 11.6 Å². The Morgan fingerprint density at radius 3 is 2.35 bits per heavy atom. The molecule has 7 heteroatoms. The summed E-state index contributed by atoms with van der Waals surface area (Å²) in [6.07, 6.45) is 0.631. The zero-order chi connectivity index (χ0) is 16.6. The van der Waals surface area contributed by atoms with Crippen molar-refractivity contribution < 1.29 is 13.6 Å². The average molecular weight is 398 g/mol. The quantitative estimate of drug-likeness (QED) is 0.580. The zero-order valence-corrected chi connectivity index (χ0v) is 13.8. The van der Waals surface area contributed by atoms with Gasteiger partial charge in [-0.05, 0) is 58.4 Å². The van der Waals surface area contributed by atoms with Crippen LogP contribution in [0, 0.1) is 11.6 Å². The largest absolute Gasteiger partial charge is 0.298 e. The van der Waals surface area contributed by atoms with Crippen LogP contribution in [-0.4, -0.2) is 16.1 Å². The van der Waals surface area contributed by atoms with E-state index in [-0.39, 0.29) is 16.4 Å². The van der Waals surface area contributed by atoms with Crippen molar-refractivity contribution in [1.29, 1.82) is 0 Å². The van der Waals surface area contributed by atoms with Crippen LogP contribution >= 0.6 is 27.5 Å². The molecular weight excluding hydrogens is 390 g/mol. The average Bonchev–Trinajstić information content (AvgIpc) is 2.84. The molecule has 0 aliphatic heterocycles. The van der Waals surface area contributed by atoms with Gasteiger partial charge < -0.3 is 0 Å². The summed E-state index contributed by atoms with van der Waals surface area (Å²) in [5, 5.41) is 4.49. The smallest absolute Gasteiger partial charge is 0.155 e.